The Morgan fingerprint density at radius 3 is 1.29 bits per heavy atom. The fourth-order valence-corrected chi connectivity index (χ4v) is 7.98. The lowest BCUT2D eigenvalue weighted by molar-refractivity contribution is -0.332. The Morgan fingerprint density at radius 1 is 0.440 bits per heavy atom. The minimum Gasteiger partial charge on any atom is -0.457 e. The molecule has 0 aromatic carbocycles. The lowest BCUT2D eigenvalue weighted by Crippen LogP contribution is -2.61. The highest BCUT2D eigenvalue weighted by Crippen LogP contribution is 2.26. The fraction of sp³-hybridized carbons (Fsp3) is 0.656. The Labute approximate surface area is 450 Å². The van der Waals surface area contributed by atoms with Gasteiger partial charge in [0.25, 0.3) is 0 Å². The third-order valence-electron chi connectivity index (χ3n) is 12.5. The van der Waals surface area contributed by atoms with Crippen molar-refractivity contribution >= 4 is 5.97 Å². The van der Waals surface area contributed by atoms with Crippen LogP contribution >= 0.6 is 0 Å². The van der Waals surface area contributed by atoms with E-state index in [2.05, 4.69) is 135 Å². The Balaban J connectivity index is 1.77. The lowest BCUT2D eigenvalue weighted by Gasteiger charge is -2.42. The number of unbranched alkanes of at least 4 members (excludes halogenated alkanes) is 9. The summed E-state index contributed by atoms with van der Waals surface area (Å²) >= 11 is 0. The molecule has 2 aliphatic rings. The maximum atomic E-state index is 13.1. The van der Waals surface area contributed by atoms with E-state index in [1.165, 1.54) is 0 Å². The van der Waals surface area contributed by atoms with Crippen molar-refractivity contribution in [2.45, 2.75) is 223 Å². The maximum Gasteiger partial charge on any atom is 0.306 e. The molecule has 0 aromatic rings. The van der Waals surface area contributed by atoms with Crippen LogP contribution in [0.1, 0.15) is 155 Å². The van der Waals surface area contributed by atoms with Crippen LogP contribution in [0.15, 0.2) is 122 Å². The highest BCUT2D eigenvalue weighted by Gasteiger charge is 2.47. The van der Waals surface area contributed by atoms with Gasteiger partial charge in [-0.2, -0.15) is 0 Å². The zero-order chi connectivity index (χ0) is 54.4. The molecule has 2 heterocycles. The van der Waals surface area contributed by atoms with Crippen LogP contribution in [0.5, 0.6) is 0 Å². The van der Waals surface area contributed by atoms with Crippen LogP contribution in [-0.2, 0) is 33.2 Å². The predicted molar refractivity (Wildman–Crippen MR) is 297 cm³/mol. The molecule has 0 radical (unpaired) electrons. The molecular formula is C61H98O14. The molecule has 0 aromatic heterocycles. The van der Waals surface area contributed by atoms with Crippen molar-refractivity contribution in [3.05, 3.63) is 122 Å². The number of hydrogen-bond acceptors (Lipinski definition) is 14. The summed E-state index contributed by atoms with van der Waals surface area (Å²) in [6.45, 7) is 3.34. The first-order valence-electron chi connectivity index (χ1n) is 28.1. The summed E-state index contributed by atoms with van der Waals surface area (Å²) in [5.41, 5.74) is 0. The SMILES string of the molecule is CC/C=C\C/C=C\C/C=C\C/C=C\C/C=C\CCCCCCCC(=O)OC(COCCCCCC/C=C\C/C=C\C/C=C\C/C=C\C/C=C\CC)COC1OC(COC2OC(CO)C(O)C(O)C2O)C(O)C(O)C1O. The van der Waals surface area contributed by atoms with Crippen molar-refractivity contribution in [1.82, 2.24) is 0 Å². The van der Waals surface area contributed by atoms with Crippen molar-refractivity contribution in [2.75, 3.05) is 33.0 Å². The molecule has 0 aliphatic carbocycles. The molecule has 0 amide bonds. The average Bonchev–Trinajstić information content (AvgIpc) is 3.41. The number of rotatable bonds is 43. The molecule has 7 N–H and O–H groups in total. The molecular weight excluding hydrogens is 957 g/mol. The van der Waals surface area contributed by atoms with Crippen LogP contribution in [0.2, 0.25) is 0 Å². The molecule has 14 nitrogen and oxygen atoms in total. The Morgan fingerprint density at radius 2 is 0.827 bits per heavy atom. The lowest BCUT2D eigenvalue weighted by atomic mass is 9.98. The first-order valence-corrected chi connectivity index (χ1v) is 28.1. The van der Waals surface area contributed by atoms with Gasteiger partial charge in [0.2, 0.25) is 0 Å². The van der Waals surface area contributed by atoms with Crippen LogP contribution in [-0.4, -0.2) is 142 Å². The molecule has 2 aliphatic heterocycles. The molecule has 0 saturated carbocycles. The second-order valence-corrected chi connectivity index (χ2v) is 19.0. The van der Waals surface area contributed by atoms with Crippen LogP contribution in [0, 0.1) is 0 Å². The normalized spacial score (nSPS) is 25.6. The standard InChI is InChI=1S/C61H98O14/c1-3-5-7-9-11-13-15-17-19-21-23-25-26-28-30-32-34-36-38-40-42-44-53(63)73-50(47-70-45-43-41-39-37-35-33-31-29-27-24-22-20-18-16-14-12-10-8-6-4-2)48-71-60-59(69)57(67)55(65)52(75-60)49-72-61-58(68)56(66)54(64)51(46-62)74-61/h5-8,11-14,17-20,23-25,27-28,30-31,33,50-52,54-62,64-69H,3-4,9-10,15-16,21-22,26,29,32,34-49H2,1-2H3/b7-5-,8-6-,13-11-,14-12-,19-17-,20-18-,25-23-,27-24-,30-28-,33-31-. The molecule has 2 fully saturated rings. The molecule has 11 atom stereocenters. The Hall–Kier alpha value is -3.61. The first-order chi connectivity index (χ1) is 36.6. The third kappa shape index (κ3) is 33.3. The second-order valence-electron chi connectivity index (χ2n) is 19.0. The Kier molecular flexibility index (Phi) is 41.8. The zero-order valence-corrected chi connectivity index (χ0v) is 45.5. The van der Waals surface area contributed by atoms with Gasteiger partial charge in [0.05, 0.1) is 26.4 Å². The van der Waals surface area contributed by atoms with Gasteiger partial charge < -0.3 is 64.2 Å². The van der Waals surface area contributed by atoms with Gasteiger partial charge in [-0.05, 0) is 103 Å². The number of hydrogen-bond donors (Lipinski definition) is 7. The molecule has 0 bridgehead atoms. The molecule has 2 rings (SSSR count). The van der Waals surface area contributed by atoms with Gasteiger partial charge in [-0.25, -0.2) is 0 Å². The predicted octanol–water partition coefficient (Wildman–Crippen LogP) is 9.74. The van der Waals surface area contributed by atoms with E-state index in [1.54, 1.807) is 0 Å². The average molecular weight is 1060 g/mol. The molecule has 2 saturated heterocycles. The first kappa shape index (κ1) is 67.5. The minimum atomic E-state index is -1.72. The van der Waals surface area contributed by atoms with Gasteiger partial charge >= 0.3 is 5.97 Å². The summed E-state index contributed by atoms with van der Waals surface area (Å²) in [6, 6.07) is 0. The number of carbonyl (C=O) groups is 1. The van der Waals surface area contributed by atoms with Gasteiger partial charge in [-0.1, -0.05) is 167 Å². The molecule has 426 valence electrons. The molecule has 14 heteroatoms. The minimum absolute atomic E-state index is 0.0270. The quantitative estimate of drug-likeness (QED) is 0.0172. The second kappa shape index (κ2) is 46.5. The summed E-state index contributed by atoms with van der Waals surface area (Å²) in [6.07, 6.45) is 48.2. The smallest absolute Gasteiger partial charge is 0.306 e. The van der Waals surface area contributed by atoms with E-state index in [4.69, 9.17) is 28.4 Å². The number of aliphatic hydroxyl groups excluding tert-OH is 7. The van der Waals surface area contributed by atoms with Gasteiger partial charge in [-0.15, -0.1) is 0 Å². The van der Waals surface area contributed by atoms with E-state index < -0.39 is 86.7 Å². The monoisotopic (exact) mass is 1050 g/mol. The van der Waals surface area contributed by atoms with E-state index in [1.807, 2.05) is 0 Å². The van der Waals surface area contributed by atoms with Gasteiger partial charge in [-0.3, -0.25) is 4.79 Å². The summed E-state index contributed by atoms with van der Waals surface area (Å²) in [7, 11) is 0. The number of aliphatic hydroxyl groups is 7. The van der Waals surface area contributed by atoms with E-state index in [9.17, 15) is 40.5 Å². The van der Waals surface area contributed by atoms with Crippen molar-refractivity contribution in [3.63, 3.8) is 0 Å². The molecule has 11 unspecified atom stereocenters. The van der Waals surface area contributed by atoms with E-state index in [0.29, 0.717) is 13.0 Å². The zero-order valence-electron chi connectivity index (χ0n) is 45.5. The number of carbonyl (C=O) groups excluding carboxylic acids is 1. The van der Waals surface area contributed by atoms with Crippen molar-refractivity contribution in [1.29, 1.82) is 0 Å². The van der Waals surface area contributed by atoms with Crippen molar-refractivity contribution in [2.24, 2.45) is 0 Å². The van der Waals surface area contributed by atoms with Crippen LogP contribution in [0.4, 0.5) is 0 Å². The van der Waals surface area contributed by atoms with E-state index in [-0.39, 0.29) is 19.6 Å². The largest absolute Gasteiger partial charge is 0.457 e. The van der Waals surface area contributed by atoms with Crippen LogP contribution < -0.4 is 0 Å². The fourth-order valence-electron chi connectivity index (χ4n) is 7.98. The maximum absolute atomic E-state index is 13.1. The van der Waals surface area contributed by atoms with Gasteiger partial charge in [0.15, 0.2) is 12.6 Å². The topological polar surface area (TPSA) is 214 Å². The van der Waals surface area contributed by atoms with E-state index in [0.717, 1.165) is 128 Å². The third-order valence-corrected chi connectivity index (χ3v) is 12.5. The highest BCUT2D eigenvalue weighted by molar-refractivity contribution is 5.69. The van der Waals surface area contributed by atoms with Crippen LogP contribution in [0.3, 0.4) is 0 Å². The van der Waals surface area contributed by atoms with Gasteiger partial charge in [0, 0.05) is 13.0 Å². The summed E-state index contributed by atoms with van der Waals surface area (Å²) in [5.74, 6) is -0.410. The number of allylic oxidation sites excluding steroid dienone is 20. The summed E-state index contributed by atoms with van der Waals surface area (Å²) in [5, 5.41) is 72.3. The number of esters is 1. The van der Waals surface area contributed by atoms with Crippen LogP contribution in [0.25, 0.3) is 0 Å². The summed E-state index contributed by atoms with van der Waals surface area (Å²) < 4.78 is 34.3. The van der Waals surface area contributed by atoms with Gasteiger partial charge in [0.1, 0.15) is 54.9 Å². The molecule has 0 spiro atoms. The van der Waals surface area contributed by atoms with Crippen molar-refractivity contribution in [3.8, 4) is 0 Å². The van der Waals surface area contributed by atoms with Crippen molar-refractivity contribution < 1.29 is 69.0 Å². The highest BCUT2D eigenvalue weighted by atomic mass is 16.7. The number of ether oxygens (including phenoxy) is 6. The summed E-state index contributed by atoms with van der Waals surface area (Å²) in [4.78, 5) is 13.1. The van der Waals surface area contributed by atoms with E-state index >= 15 is 0 Å². The molecule has 75 heavy (non-hydrogen) atoms. The Bertz CT molecular complexity index is 1700.